The lowest BCUT2D eigenvalue weighted by Crippen LogP contribution is -2.48. The maximum atomic E-state index is 11.9. The minimum Gasteiger partial charge on any atom is -0.481 e. The zero-order valence-corrected chi connectivity index (χ0v) is 20.8. The zero-order chi connectivity index (χ0) is 24.1. The molecule has 1 heterocycles. The number of carboxylic acids is 1. The molecule has 1 saturated carbocycles. The van der Waals surface area contributed by atoms with Crippen LogP contribution in [0.25, 0.3) is 0 Å². The van der Waals surface area contributed by atoms with Gasteiger partial charge in [0.25, 0.3) is 0 Å². The van der Waals surface area contributed by atoms with Gasteiger partial charge in [0.05, 0.1) is 5.54 Å². The molecule has 0 saturated heterocycles. The molecule has 0 aliphatic heterocycles. The first-order chi connectivity index (χ1) is 15.9. The summed E-state index contributed by atoms with van der Waals surface area (Å²) in [4.78, 5) is 26.1. The summed E-state index contributed by atoms with van der Waals surface area (Å²) in [5.41, 5.74) is 6.84. The molecule has 4 N–H and O–H groups in total. The van der Waals surface area contributed by atoms with Gasteiger partial charge in [0.15, 0.2) is 0 Å². The number of carboxylic acid groups (broad SMARTS) is 1. The van der Waals surface area contributed by atoms with Gasteiger partial charge in [-0.2, -0.15) is 0 Å². The molecular weight excluding hydrogens is 434 g/mol. The highest BCUT2D eigenvalue weighted by Crippen LogP contribution is 2.42. The van der Waals surface area contributed by atoms with Crippen molar-refractivity contribution in [2.45, 2.75) is 69.4 Å². The highest BCUT2D eigenvalue weighted by molar-refractivity contribution is 7.10. The van der Waals surface area contributed by atoms with Crippen molar-refractivity contribution in [1.29, 1.82) is 0 Å². The van der Waals surface area contributed by atoms with Crippen molar-refractivity contribution in [2.24, 2.45) is 5.73 Å². The highest BCUT2D eigenvalue weighted by Gasteiger charge is 2.39. The van der Waals surface area contributed by atoms with Crippen LogP contribution in [0, 0.1) is 0 Å². The Kier molecular flexibility index (Phi) is 11.6. The van der Waals surface area contributed by atoms with Crippen LogP contribution in [-0.4, -0.2) is 48.6 Å². The molecule has 0 atom stereocenters. The van der Waals surface area contributed by atoms with E-state index in [9.17, 15) is 9.59 Å². The summed E-state index contributed by atoms with van der Waals surface area (Å²) in [5.74, 6) is -0.869. The van der Waals surface area contributed by atoms with Crippen LogP contribution in [-0.2, 0) is 21.5 Å². The topological polar surface area (TPSA) is 95.7 Å². The van der Waals surface area contributed by atoms with Gasteiger partial charge in [-0.05, 0) is 82.6 Å². The smallest absolute Gasteiger partial charge is 0.303 e. The molecule has 1 aliphatic carbocycles. The quantitative estimate of drug-likeness (QED) is 0.475. The summed E-state index contributed by atoms with van der Waals surface area (Å²) in [6.45, 7) is 0.787. The first kappa shape index (κ1) is 27.0. The van der Waals surface area contributed by atoms with Crippen molar-refractivity contribution < 1.29 is 14.7 Å². The van der Waals surface area contributed by atoms with E-state index in [1.165, 1.54) is 10.4 Å². The summed E-state index contributed by atoms with van der Waals surface area (Å²) in [6.07, 6.45) is 6.93. The molecule has 1 aliphatic rings. The fraction of sp³-hybridized carbons (Fsp3) is 0.538. The lowest BCUT2D eigenvalue weighted by molar-refractivity contribution is -0.137. The van der Waals surface area contributed by atoms with Crippen molar-refractivity contribution in [3.63, 3.8) is 0 Å². The third-order valence-electron chi connectivity index (χ3n) is 6.32. The molecule has 33 heavy (non-hydrogen) atoms. The van der Waals surface area contributed by atoms with Gasteiger partial charge in [0, 0.05) is 23.8 Å². The normalized spacial score (nSPS) is 20.1. The molecule has 0 radical (unpaired) electrons. The van der Waals surface area contributed by atoms with Gasteiger partial charge in [0.2, 0.25) is 5.91 Å². The number of aliphatic carboxylic acids is 1. The fourth-order valence-electron chi connectivity index (χ4n) is 4.35. The van der Waals surface area contributed by atoms with E-state index in [4.69, 9.17) is 10.8 Å². The van der Waals surface area contributed by atoms with Gasteiger partial charge in [-0.25, -0.2) is 0 Å². The van der Waals surface area contributed by atoms with Crippen LogP contribution < -0.4 is 11.1 Å². The van der Waals surface area contributed by atoms with Gasteiger partial charge in [-0.1, -0.05) is 36.4 Å². The third-order valence-corrected chi connectivity index (χ3v) is 7.38. The maximum absolute atomic E-state index is 11.9. The van der Waals surface area contributed by atoms with Crippen LogP contribution in [0.1, 0.15) is 61.8 Å². The maximum Gasteiger partial charge on any atom is 0.303 e. The molecule has 1 aromatic carbocycles. The van der Waals surface area contributed by atoms with Gasteiger partial charge >= 0.3 is 5.97 Å². The highest BCUT2D eigenvalue weighted by atomic mass is 32.1. The fourth-order valence-corrected chi connectivity index (χ4v) is 5.41. The van der Waals surface area contributed by atoms with Crippen LogP contribution in [0.15, 0.2) is 47.8 Å². The predicted octanol–water partition coefficient (Wildman–Crippen LogP) is 4.40. The largest absolute Gasteiger partial charge is 0.481 e. The van der Waals surface area contributed by atoms with Gasteiger partial charge in [-0.3, -0.25) is 14.5 Å². The van der Waals surface area contributed by atoms with E-state index in [-0.39, 0.29) is 23.9 Å². The van der Waals surface area contributed by atoms with E-state index in [1.54, 1.807) is 11.3 Å². The number of carbonyl (C=O) groups is 2. The Labute approximate surface area is 202 Å². The van der Waals surface area contributed by atoms with E-state index < -0.39 is 5.97 Å². The molecule has 1 amide bonds. The van der Waals surface area contributed by atoms with E-state index in [0.29, 0.717) is 12.8 Å². The number of hydrogen-bond donors (Lipinski definition) is 3. The Morgan fingerprint density at radius 3 is 2.33 bits per heavy atom. The van der Waals surface area contributed by atoms with Gasteiger partial charge < -0.3 is 16.2 Å². The van der Waals surface area contributed by atoms with E-state index in [1.807, 2.05) is 6.07 Å². The molecule has 0 spiro atoms. The average Bonchev–Trinajstić information content (AvgIpc) is 3.34. The van der Waals surface area contributed by atoms with Crippen LogP contribution in [0.5, 0.6) is 0 Å². The number of nitrogens with one attached hydrogen (secondary N) is 1. The molecule has 2 aromatic rings. The minimum absolute atomic E-state index is 0.0234. The van der Waals surface area contributed by atoms with E-state index in [0.717, 1.165) is 45.1 Å². The number of rotatable bonds is 10. The number of thiophene rings is 1. The minimum atomic E-state index is -0.845. The van der Waals surface area contributed by atoms with Crippen molar-refractivity contribution in [3.05, 3.63) is 58.3 Å². The Morgan fingerprint density at radius 1 is 1.09 bits per heavy atom. The van der Waals surface area contributed by atoms with Crippen LogP contribution in [0.4, 0.5) is 0 Å². The standard InChI is InChI=1S/C17H26N2O3S.C9H13N/c1-19(2)17(14-5-4-12-23-14)10-8-13(9-11-17)18-15(20)6-3-7-16(21)22;10-8-4-7-9-5-2-1-3-6-9/h4-5,12-13H,3,6-11H2,1-2H3,(H,18,20)(H,21,22);1-3,5-6H,4,7-8,10H2. The first-order valence-electron chi connectivity index (χ1n) is 11.8. The molecule has 0 unspecified atom stereocenters. The number of carbonyl (C=O) groups excluding carboxylic acids is 1. The summed E-state index contributed by atoms with van der Waals surface area (Å²) in [6, 6.07) is 14.9. The number of nitrogens with zero attached hydrogens (tertiary/aromatic N) is 1. The molecule has 1 fully saturated rings. The van der Waals surface area contributed by atoms with Gasteiger partial charge in [-0.15, -0.1) is 11.3 Å². The van der Waals surface area contributed by atoms with Crippen molar-refractivity contribution in [3.8, 4) is 0 Å². The summed E-state index contributed by atoms with van der Waals surface area (Å²) in [7, 11) is 4.26. The monoisotopic (exact) mass is 473 g/mol. The first-order valence-corrected chi connectivity index (χ1v) is 12.7. The molecule has 0 bridgehead atoms. The number of nitrogens with two attached hydrogens (primary N) is 1. The molecule has 182 valence electrons. The summed E-state index contributed by atoms with van der Waals surface area (Å²) < 4.78 is 0. The van der Waals surface area contributed by atoms with Crippen molar-refractivity contribution in [1.82, 2.24) is 10.2 Å². The number of amides is 1. The second-order valence-corrected chi connectivity index (χ2v) is 9.82. The number of aryl methyl sites for hydroxylation is 1. The lowest BCUT2D eigenvalue weighted by atomic mass is 9.77. The van der Waals surface area contributed by atoms with E-state index in [2.05, 4.69) is 66.1 Å². The Balaban J connectivity index is 0.000000321. The van der Waals surface area contributed by atoms with Crippen molar-refractivity contribution in [2.75, 3.05) is 20.6 Å². The summed E-state index contributed by atoms with van der Waals surface area (Å²) in [5, 5.41) is 13.8. The predicted molar refractivity (Wildman–Crippen MR) is 135 cm³/mol. The van der Waals surface area contributed by atoms with Crippen LogP contribution in [0.2, 0.25) is 0 Å². The summed E-state index contributed by atoms with van der Waals surface area (Å²) >= 11 is 1.80. The van der Waals surface area contributed by atoms with Crippen LogP contribution in [0.3, 0.4) is 0 Å². The number of benzene rings is 1. The molecule has 3 rings (SSSR count). The molecule has 1 aromatic heterocycles. The third kappa shape index (κ3) is 8.91. The van der Waals surface area contributed by atoms with E-state index >= 15 is 0 Å². The van der Waals surface area contributed by atoms with Crippen LogP contribution >= 0.6 is 11.3 Å². The zero-order valence-electron chi connectivity index (χ0n) is 20.0. The Hall–Kier alpha value is -2.22. The SMILES string of the molecule is CN(C)C1(c2cccs2)CCC(NC(=O)CCCC(=O)O)CC1.NCCCc1ccccc1. The Morgan fingerprint density at radius 2 is 1.79 bits per heavy atom. The van der Waals surface area contributed by atoms with Crippen molar-refractivity contribution >= 4 is 23.2 Å². The molecule has 7 heteroatoms. The second kappa shape index (κ2) is 14.1. The lowest BCUT2D eigenvalue weighted by Gasteiger charge is -2.44. The molecular formula is C26H39N3O3S. The Bertz CT molecular complexity index is 817. The second-order valence-electron chi connectivity index (χ2n) is 8.87. The molecule has 6 nitrogen and oxygen atoms in total. The average molecular weight is 474 g/mol. The van der Waals surface area contributed by atoms with Gasteiger partial charge in [0.1, 0.15) is 0 Å². The number of hydrogen-bond acceptors (Lipinski definition) is 5.